The molecule has 0 rings (SSSR count). The van der Waals surface area contributed by atoms with Crippen molar-refractivity contribution in [1.29, 1.82) is 0 Å². The minimum atomic E-state index is 0.632. The lowest BCUT2D eigenvalue weighted by Gasteiger charge is -2.04. The van der Waals surface area contributed by atoms with Crippen LogP contribution in [-0.2, 0) is 4.74 Å². The van der Waals surface area contributed by atoms with Crippen LogP contribution in [0.25, 0.3) is 0 Å². The van der Waals surface area contributed by atoms with E-state index in [1.807, 2.05) is 0 Å². The highest BCUT2D eigenvalue weighted by Crippen LogP contribution is 2.03. The number of rotatable bonds is 5. The molecule has 0 saturated carbocycles. The summed E-state index contributed by atoms with van der Waals surface area (Å²) in [7, 11) is 0. The van der Waals surface area contributed by atoms with Crippen LogP contribution in [0.3, 0.4) is 0 Å². The maximum Gasteiger partial charge on any atom is 0.0775 e. The first-order valence-corrected chi connectivity index (χ1v) is 4.33. The molecule has 1 nitrogen and oxygen atoms in total. The van der Waals surface area contributed by atoms with Gasteiger partial charge in [-0.05, 0) is 12.3 Å². The van der Waals surface area contributed by atoms with Gasteiger partial charge in [-0.25, -0.2) is 0 Å². The van der Waals surface area contributed by atoms with E-state index < -0.39 is 0 Å². The minimum Gasteiger partial charge on any atom is -0.376 e. The Hall–Kier alpha value is 0.180. The standard InChI is InChI=1S/C8H15BrO/c1-7(2)4-5-10-6-8(3)9/h7H,3-6H2,1-2H3. The minimum absolute atomic E-state index is 0.632. The predicted octanol–water partition coefficient (Wildman–Crippen LogP) is 2.96. The van der Waals surface area contributed by atoms with E-state index in [1.54, 1.807) is 0 Å². The van der Waals surface area contributed by atoms with Gasteiger partial charge >= 0.3 is 0 Å². The molecular weight excluding hydrogens is 192 g/mol. The largest absolute Gasteiger partial charge is 0.376 e. The summed E-state index contributed by atoms with van der Waals surface area (Å²) < 4.78 is 6.17. The average Bonchev–Trinajstić information content (AvgIpc) is 1.79. The van der Waals surface area contributed by atoms with E-state index in [0.717, 1.165) is 23.4 Å². The second-order valence-electron chi connectivity index (χ2n) is 2.75. The maximum absolute atomic E-state index is 5.26. The molecule has 0 spiro atoms. The molecule has 10 heavy (non-hydrogen) atoms. The number of halogens is 1. The molecule has 0 amide bonds. The van der Waals surface area contributed by atoms with Crippen LogP contribution in [0.1, 0.15) is 20.3 Å². The summed E-state index contributed by atoms with van der Waals surface area (Å²) in [6.07, 6.45) is 1.13. The molecule has 0 radical (unpaired) electrons. The van der Waals surface area contributed by atoms with Crippen molar-refractivity contribution in [1.82, 2.24) is 0 Å². The molecule has 0 aliphatic heterocycles. The Morgan fingerprint density at radius 1 is 1.60 bits per heavy atom. The van der Waals surface area contributed by atoms with Crippen molar-refractivity contribution < 1.29 is 4.74 Å². The van der Waals surface area contributed by atoms with Crippen LogP contribution in [0.15, 0.2) is 11.1 Å². The van der Waals surface area contributed by atoms with Gasteiger partial charge in [0.1, 0.15) is 0 Å². The number of hydrogen-bond donors (Lipinski definition) is 0. The van der Waals surface area contributed by atoms with Crippen molar-refractivity contribution in [2.45, 2.75) is 20.3 Å². The molecule has 0 heterocycles. The lowest BCUT2D eigenvalue weighted by atomic mass is 10.1. The van der Waals surface area contributed by atoms with Crippen LogP contribution in [0.4, 0.5) is 0 Å². The first kappa shape index (κ1) is 10.2. The Morgan fingerprint density at radius 2 is 2.20 bits per heavy atom. The van der Waals surface area contributed by atoms with Gasteiger partial charge in [-0.3, -0.25) is 0 Å². The normalized spacial score (nSPS) is 10.4. The molecule has 0 aromatic carbocycles. The van der Waals surface area contributed by atoms with E-state index in [4.69, 9.17) is 4.74 Å². The Labute approximate surface area is 71.6 Å². The second-order valence-corrected chi connectivity index (χ2v) is 3.87. The Kier molecular flexibility index (Phi) is 6.03. The van der Waals surface area contributed by atoms with Gasteiger partial charge in [0.2, 0.25) is 0 Å². The lowest BCUT2D eigenvalue weighted by Crippen LogP contribution is -1.99. The van der Waals surface area contributed by atoms with Crippen molar-refractivity contribution in [2.75, 3.05) is 13.2 Å². The zero-order valence-corrected chi connectivity index (χ0v) is 8.28. The average molecular weight is 207 g/mol. The fourth-order valence-corrected chi connectivity index (χ4v) is 0.664. The van der Waals surface area contributed by atoms with E-state index >= 15 is 0 Å². The third-order valence-corrected chi connectivity index (χ3v) is 1.33. The van der Waals surface area contributed by atoms with Crippen LogP contribution in [-0.4, -0.2) is 13.2 Å². The van der Waals surface area contributed by atoms with E-state index in [1.165, 1.54) is 0 Å². The molecule has 0 fully saturated rings. The Bertz CT molecular complexity index is 99.4. The third-order valence-electron chi connectivity index (χ3n) is 1.10. The summed E-state index contributed by atoms with van der Waals surface area (Å²) in [5.41, 5.74) is 0. The Balaban J connectivity index is 2.98. The summed E-state index contributed by atoms with van der Waals surface area (Å²) in [4.78, 5) is 0. The van der Waals surface area contributed by atoms with Crippen LogP contribution in [0.5, 0.6) is 0 Å². The zero-order chi connectivity index (χ0) is 7.98. The maximum atomic E-state index is 5.26. The van der Waals surface area contributed by atoms with E-state index in [0.29, 0.717) is 6.61 Å². The van der Waals surface area contributed by atoms with Crippen LogP contribution >= 0.6 is 15.9 Å². The molecular formula is C8H15BrO. The molecule has 0 aliphatic rings. The van der Waals surface area contributed by atoms with Gasteiger partial charge in [0, 0.05) is 11.1 Å². The van der Waals surface area contributed by atoms with Crippen molar-refractivity contribution in [3.05, 3.63) is 11.1 Å². The van der Waals surface area contributed by atoms with Crippen molar-refractivity contribution in [3.63, 3.8) is 0 Å². The molecule has 60 valence electrons. The summed E-state index contributed by atoms with van der Waals surface area (Å²) in [6, 6.07) is 0. The van der Waals surface area contributed by atoms with Crippen LogP contribution in [0.2, 0.25) is 0 Å². The van der Waals surface area contributed by atoms with Gasteiger partial charge in [0.15, 0.2) is 0 Å². The molecule has 0 aromatic heterocycles. The topological polar surface area (TPSA) is 9.23 Å². The zero-order valence-electron chi connectivity index (χ0n) is 6.69. The predicted molar refractivity (Wildman–Crippen MR) is 48.3 cm³/mol. The van der Waals surface area contributed by atoms with E-state index in [2.05, 4.69) is 36.4 Å². The quantitative estimate of drug-likeness (QED) is 0.629. The number of ether oxygens (including phenoxy) is 1. The Morgan fingerprint density at radius 3 is 2.60 bits per heavy atom. The van der Waals surface area contributed by atoms with Gasteiger partial charge in [0.25, 0.3) is 0 Å². The van der Waals surface area contributed by atoms with Gasteiger partial charge in [-0.15, -0.1) is 0 Å². The molecule has 0 aromatic rings. The van der Waals surface area contributed by atoms with Crippen LogP contribution in [0, 0.1) is 5.92 Å². The van der Waals surface area contributed by atoms with E-state index in [9.17, 15) is 0 Å². The van der Waals surface area contributed by atoms with E-state index in [-0.39, 0.29) is 0 Å². The highest BCUT2D eigenvalue weighted by atomic mass is 79.9. The first-order valence-electron chi connectivity index (χ1n) is 3.54. The van der Waals surface area contributed by atoms with Gasteiger partial charge in [0.05, 0.1) is 6.61 Å². The fraction of sp³-hybridized carbons (Fsp3) is 0.750. The van der Waals surface area contributed by atoms with Crippen molar-refractivity contribution >= 4 is 15.9 Å². The van der Waals surface area contributed by atoms with Gasteiger partial charge in [-0.1, -0.05) is 36.4 Å². The third kappa shape index (κ3) is 8.18. The first-order chi connectivity index (χ1) is 4.63. The highest BCUT2D eigenvalue weighted by molar-refractivity contribution is 9.11. The molecule has 0 aliphatic carbocycles. The molecule has 0 unspecified atom stereocenters. The van der Waals surface area contributed by atoms with Gasteiger partial charge in [-0.2, -0.15) is 0 Å². The van der Waals surface area contributed by atoms with Gasteiger partial charge < -0.3 is 4.74 Å². The fourth-order valence-electron chi connectivity index (χ4n) is 0.502. The molecule has 0 bridgehead atoms. The smallest absolute Gasteiger partial charge is 0.0775 e. The SMILES string of the molecule is C=C(Br)COCCC(C)C. The summed E-state index contributed by atoms with van der Waals surface area (Å²) in [5.74, 6) is 0.726. The lowest BCUT2D eigenvalue weighted by molar-refractivity contribution is 0.148. The molecule has 0 atom stereocenters. The van der Waals surface area contributed by atoms with Crippen molar-refractivity contribution in [2.24, 2.45) is 5.92 Å². The molecule has 2 heteroatoms. The highest BCUT2D eigenvalue weighted by Gasteiger charge is 1.93. The summed E-state index contributed by atoms with van der Waals surface area (Å²) in [6.45, 7) is 9.50. The number of hydrogen-bond acceptors (Lipinski definition) is 1. The molecule has 0 saturated heterocycles. The summed E-state index contributed by atoms with van der Waals surface area (Å²) in [5, 5.41) is 0. The summed E-state index contributed by atoms with van der Waals surface area (Å²) >= 11 is 3.22. The monoisotopic (exact) mass is 206 g/mol. The van der Waals surface area contributed by atoms with Crippen LogP contribution < -0.4 is 0 Å². The second kappa shape index (κ2) is 5.93. The van der Waals surface area contributed by atoms with Crippen molar-refractivity contribution in [3.8, 4) is 0 Å². The molecule has 0 N–H and O–H groups in total.